The Bertz CT molecular complexity index is 629. The van der Waals surface area contributed by atoms with Crippen LogP contribution in [0, 0.1) is 22.0 Å². The zero-order valence-electron chi connectivity index (χ0n) is 11.5. The SMILES string of the molecule is O=C(O)C1C2CCC(O2)C1C(=O)Nc1ccc([N+](=O)[O-])cc1. The first kappa shape index (κ1) is 14.5. The van der Waals surface area contributed by atoms with Crippen LogP contribution in [0.25, 0.3) is 0 Å². The van der Waals surface area contributed by atoms with Crippen molar-refractivity contribution in [3.05, 3.63) is 34.4 Å². The number of carbonyl (C=O) groups is 2. The van der Waals surface area contributed by atoms with Crippen molar-refractivity contribution in [2.75, 3.05) is 5.32 Å². The number of aliphatic carboxylic acids is 1. The van der Waals surface area contributed by atoms with Crippen LogP contribution in [0.15, 0.2) is 24.3 Å². The molecule has 22 heavy (non-hydrogen) atoms. The predicted molar refractivity (Wildman–Crippen MR) is 74.2 cm³/mol. The minimum absolute atomic E-state index is 0.0790. The number of rotatable bonds is 4. The fourth-order valence-electron chi connectivity index (χ4n) is 3.22. The molecular weight excluding hydrogens is 292 g/mol. The first-order valence-corrected chi connectivity index (χ1v) is 6.91. The molecule has 2 heterocycles. The summed E-state index contributed by atoms with van der Waals surface area (Å²) in [5.41, 5.74) is 0.312. The van der Waals surface area contributed by atoms with Crippen molar-refractivity contribution in [1.29, 1.82) is 0 Å². The summed E-state index contributed by atoms with van der Waals surface area (Å²) >= 11 is 0. The highest BCUT2D eigenvalue weighted by atomic mass is 16.6. The number of fused-ring (bicyclic) bond motifs is 2. The van der Waals surface area contributed by atoms with Gasteiger partial charge in [-0.15, -0.1) is 0 Å². The molecule has 1 aromatic carbocycles. The number of ether oxygens (including phenoxy) is 1. The lowest BCUT2D eigenvalue weighted by Gasteiger charge is -2.23. The van der Waals surface area contributed by atoms with Gasteiger partial charge in [0.25, 0.3) is 5.69 Å². The average molecular weight is 306 g/mol. The number of anilines is 1. The highest BCUT2D eigenvalue weighted by Gasteiger charge is 2.55. The monoisotopic (exact) mass is 306 g/mol. The molecule has 2 aliphatic rings. The van der Waals surface area contributed by atoms with E-state index in [0.717, 1.165) is 0 Å². The Hall–Kier alpha value is -2.48. The molecular formula is C14H14N2O6. The van der Waals surface area contributed by atoms with Crippen LogP contribution in [0.3, 0.4) is 0 Å². The zero-order valence-corrected chi connectivity index (χ0v) is 11.5. The van der Waals surface area contributed by atoms with Crippen LogP contribution in [0.1, 0.15) is 12.8 Å². The van der Waals surface area contributed by atoms with Gasteiger partial charge in [-0.2, -0.15) is 0 Å². The summed E-state index contributed by atoms with van der Waals surface area (Å²) in [5, 5.41) is 22.5. The van der Waals surface area contributed by atoms with Gasteiger partial charge in [0.2, 0.25) is 5.91 Å². The van der Waals surface area contributed by atoms with Gasteiger partial charge in [-0.25, -0.2) is 0 Å². The van der Waals surface area contributed by atoms with Crippen LogP contribution in [0.5, 0.6) is 0 Å². The number of non-ortho nitro benzene ring substituents is 1. The van der Waals surface area contributed by atoms with Gasteiger partial charge in [0.05, 0.1) is 29.0 Å². The first-order chi connectivity index (χ1) is 10.5. The van der Waals surface area contributed by atoms with Crippen molar-refractivity contribution in [3.8, 4) is 0 Å². The summed E-state index contributed by atoms with van der Waals surface area (Å²) in [6.07, 6.45) is 0.551. The fourth-order valence-corrected chi connectivity index (χ4v) is 3.22. The molecule has 2 fully saturated rings. The molecule has 0 aliphatic carbocycles. The smallest absolute Gasteiger partial charge is 0.310 e. The van der Waals surface area contributed by atoms with Crippen LogP contribution >= 0.6 is 0 Å². The maximum atomic E-state index is 12.3. The van der Waals surface area contributed by atoms with Gasteiger partial charge in [-0.05, 0) is 25.0 Å². The van der Waals surface area contributed by atoms with E-state index in [1.54, 1.807) is 0 Å². The largest absolute Gasteiger partial charge is 0.481 e. The molecule has 8 heteroatoms. The van der Waals surface area contributed by atoms with Gasteiger partial charge in [0.1, 0.15) is 0 Å². The van der Waals surface area contributed by atoms with Crippen molar-refractivity contribution in [3.63, 3.8) is 0 Å². The maximum Gasteiger partial charge on any atom is 0.310 e. The van der Waals surface area contributed by atoms with E-state index >= 15 is 0 Å². The van der Waals surface area contributed by atoms with Gasteiger partial charge in [-0.3, -0.25) is 19.7 Å². The molecule has 3 rings (SSSR count). The number of nitrogens with one attached hydrogen (secondary N) is 1. The molecule has 4 atom stereocenters. The Morgan fingerprint density at radius 2 is 1.77 bits per heavy atom. The third-order valence-electron chi connectivity index (χ3n) is 4.21. The summed E-state index contributed by atoms with van der Waals surface area (Å²) in [7, 11) is 0. The van der Waals surface area contributed by atoms with E-state index in [-0.39, 0.29) is 11.8 Å². The molecule has 1 amide bonds. The molecule has 2 bridgehead atoms. The molecule has 116 valence electrons. The van der Waals surface area contributed by atoms with Gasteiger partial charge < -0.3 is 15.2 Å². The number of nitrogens with zero attached hydrogens (tertiary/aromatic N) is 1. The third-order valence-corrected chi connectivity index (χ3v) is 4.21. The lowest BCUT2D eigenvalue weighted by molar-refractivity contribution is -0.384. The Morgan fingerprint density at radius 3 is 2.32 bits per heavy atom. The number of hydrogen-bond acceptors (Lipinski definition) is 5. The van der Waals surface area contributed by atoms with E-state index in [1.807, 2.05) is 0 Å². The average Bonchev–Trinajstić information content (AvgIpc) is 3.08. The number of hydrogen-bond donors (Lipinski definition) is 2. The van der Waals surface area contributed by atoms with Crippen LogP contribution in [-0.4, -0.2) is 34.1 Å². The second kappa shape index (κ2) is 5.38. The van der Waals surface area contributed by atoms with Gasteiger partial charge in [0.15, 0.2) is 0 Å². The Labute approximate surface area is 125 Å². The highest BCUT2D eigenvalue weighted by Crippen LogP contribution is 2.44. The predicted octanol–water partition coefficient (Wildman–Crippen LogP) is 1.41. The zero-order chi connectivity index (χ0) is 15.9. The molecule has 0 saturated carbocycles. The van der Waals surface area contributed by atoms with Crippen LogP contribution < -0.4 is 5.32 Å². The van der Waals surface area contributed by atoms with E-state index in [0.29, 0.717) is 18.5 Å². The van der Waals surface area contributed by atoms with Gasteiger partial charge >= 0.3 is 5.97 Å². The summed E-state index contributed by atoms with van der Waals surface area (Å²) in [6.45, 7) is 0. The standard InChI is InChI=1S/C14H14N2O6/c17-13(15-7-1-3-8(4-2-7)16(20)21)11-9-5-6-10(22-9)12(11)14(18)19/h1-4,9-12H,5-6H2,(H,15,17)(H,18,19). The van der Waals surface area contributed by atoms with Crippen molar-refractivity contribution in [1.82, 2.24) is 0 Å². The topological polar surface area (TPSA) is 119 Å². The number of amides is 1. The van der Waals surface area contributed by atoms with E-state index in [4.69, 9.17) is 4.74 Å². The normalized spacial score (nSPS) is 29.3. The number of carboxylic acid groups (broad SMARTS) is 1. The number of nitro benzene ring substituents is 1. The second-order valence-electron chi connectivity index (χ2n) is 5.47. The molecule has 1 aromatic rings. The number of carbonyl (C=O) groups excluding carboxylic acids is 1. The van der Waals surface area contributed by atoms with Crippen LogP contribution in [-0.2, 0) is 14.3 Å². The van der Waals surface area contributed by atoms with E-state index in [9.17, 15) is 24.8 Å². The lowest BCUT2D eigenvalue weighted by Crippen LogP contribution is -2.40. The summed E-state index contributed by atoms with van der Waals surface area (Å²) in [6, 6.07) is 5.39. The van der Waals surface area contributed by atoms with E-state index in [1.165, 1.54) is 24.3 Å². The number of benzene rings is 1. The molecule has 0 aromatic heterocycles. The molecule has 2 aliphatic heterocycles. The number of nitro groups is 1. The van der Waals surface area contributed by atoms with Crippen molar-refractivity contribution < 1.29 is 24.4 Å². The fraction of sp³-hybridized carbons (Fsp3) is 0.429. The Kier molecular flexibility index (Phi) is 3.53. The minimum atomic E-state index is -1.03. The number of carboxylic acids is 1. The summed E-state index contributed by atoms with van der Waals surface area (Å²) < 4.78 is 5.54. The molecule has 0 spiro atoms. The molecule has 2 saturated heterocycles. The minimum Gasteiger partial charge on any atom is -0.481 e. The Morgan fingerprint density at radius 1 is 1.18 bits per heavy atom. The molecule has 4 unspecified atom stereocenters. The summed E-state index contributed by atoms with van der Waals surface area (Å²) in [4.78, 5) is 33.7. The van der Waals surface area contributed by atoms with Crippen LogP contribution in [0.2, 0.25) is 0 Å². The van der Waals surface area contributed by atoms with Crippen LogP contribution in [0.4, 0.5) is 11.4 Å². The third kappa shape index (κ3) is 2.41. The van der Waals surface area contributed by atoms with Crippen molar-refractivity contribution in [2.45, 2.75) is 25.0 Å². The molecule has 0 radical (unpaired) electrons. The van der Waals surface area contributed by atoms with Crippen molar-refractivity contribution >= 4 is 23.3 Å². The van der Waals surface area contributed by atoms with E-state index in [2.05, 4.69) is 5.32 Å². The second-order valence-corrected chi connectivity index (χ2v) is 5.47. The lowest BCUT2D eigenvalue weighted by atomic mass is 9.78. The maximum absolute atomic E-state index is 12.3. The quantitative estimate of drug-likeness (QED) is 0.641. The molecule has 8 nitrogen and oxygen atoms in total. The van der Waals surface area contributed by atoms with Gasteiger partial charge in [0, 0.05) is 17.8 Å². The first-order valence-electron chi connectivity index (χ1n) is 6.91. The summed E-state index contributed by atoms with van der Waals surface area (Å²) in [5.74, 6) is -3.02. The Balaban J connectivity index is 1.73. The van der Waals surface area contributed by atoms with Gasteiger partial charge in [-0.1, -0.05) is 0 Å². The highest BCUT2D eigenvalue weighted by molar-refractivity contribution is 5.96. The molecule has 2 N–H and O–H groups in total. The van der Waals surface area contributed by atoms with E-state index < -0.39 is 34.7 Å². The van der Waals surface area contributed by atoms with Crippen molar-refractivity contribution in [2.24, 2.45) is 11.8 Å².